The predicted molar refractivity (Wildman–Crippen MR) is 99.9 cm³/mol. The predicted octanol–water partition coefficient (Wildman–Crippen LogP) is 4.50. The van der Waals surface area contributed by atoms with E-state index in [1.165, 1.54) is 12.3 Å². The maximum absolute atomic E-state index is 13.7. The number of benzene rings is 2. The Balaban J connectivity index is 1.96. The van der Waals surface area contributed by atoms with E-state index in [4.69, 9.17) is 0 Å². The van der Waals surface area contributed by atoms with Gasteiger partial charge in [0.2, 0.25) is 0 Å². The lowest BCUT2D eigenvalue weighted by atomic mass is 9.96. The van der Waals surface area contributed by atoms with Crippen LogP contribution in [0.25, 0.3) is 33.4 Å². The molecular weight excluding hydrogens is 345 g/mol. The molecule has 4 rings (SSSR count). The van der Waals surface area contributed by atoms with Crippen molar-refractivity contribution < 1.29 is 14.3 Å². The van der Waals surface area contributed by atoms with Crippen LogP contribution in [0.2, 0.25) is 0 Å². The van der Waals surface area contributed by atoms with Gasteiger partial charge in [0.25, 0.3) is 0 Å². The summed E-state index contributed by atoms with van der Waals surface area (Å²) in [6.07, 6.45) is 4.52. The Morgan fingerprint density at radius 3 is 2.41 bits per heavy atom. The van der Waals surface area contributed by atoms with Crippen molar-refractivity contribution in [1.82, 2.24) is 15.0 Å². The molecule has 1 N–H and O–H groups in total. The van der Waals surface area contributed by atoms with Gasteiger partial charge in [-0.3, -0.25) is 15.0 Å². The lowest BCUT2D eigenvalue weighted by molar-refractivity contribution is 0.0696. The highest BCUT2D eigenvalue weighted by molar-refractivity contribution is 5.93. The lowest BCUT2D eigenvalue weighted by Crippen LogP contribution is -2.00. The van der Waals surface area contributed by atoms with Gasteiger partial charge in [0.15, 0.2) is 0 Å². The zero-order chi connectivity index (χ0) is 19.0. The number of halogens is 1. The van der Waals surface area contributed by atoms with E-state index in [1.54, 1.807) is 37.5 Å². The summed E-state index contributed by atoms with van der Waals surface area (Å²) >= 11 is 0. The average Bonchev–Trinajstić information content (AvgIpc) is 2.69. The van der Waals surface area contributed by atoms with Crippen molar-refractivity contribution in [2.75, 3.05) is 0 Å². The van der Waals surface area contributed by atoms with Crippen molar-refractivity contribution in [3.63, 3.8) is 0 Å². The maximum Gasteiger partial charge on any atom is 0.337 e. The molecule has 0 aliphatic heterocycles. The second-order valence-electron chi connectivity index (χ2n) is 6.15. The van der Waals surface area contributed by atoms with Crippen LogP contribution in [0.5, 0.6) is 0 Å². The highest BCUT2D eigenvalue weighted by atomic mass is 19.1. The van der Waals surface area contributed by atoms with E-state index < -0.39 is 5.97 Å². The molecule has 2 aromatic heterocycles. The normalized spacial score (nSPS) is 10.9. The fourth-order valence-electron chi connectivity index (χ4n) is 2.95. The molecule has 0 amide bonds. The summed E-state index contributed by atoms with van der Waals surface area (Å²) in [6.45, 7) is 1.68. The van der Waals surface area contributed by atoms with Crippen LogP contribution in [-0.4, -0.2) is 26.0 Å². The van der Waals surface area contributed by atoms with Crippen LogP contribution in [0.4, 0.5) is 4.39 Å². The molecule has 27 heavy (non-hydrogen) atoms. The molecule has 0 unspecified atom stereocenters. The minimum atomic E-state index is -1.06. The number of aromatic carboxylic acids is 1. The first-order valence-corrected chi connectivity index (χ1v) is 8.24. The molecule has 2 heterocycles. The van der Waals surface area contributed by atoms with Crippen molar-refractivity contribution in [1.29, 1.82) is 0 Å². The van der Waals surface area contributed by atoms with Gasteiger partial charge in [-0.15, -0.1) is 0 Å². The van der Waals surface area contributed by atoms with E-state index in [9.17, 15) is 14.3 Å². The number of carboxylic acid groups (broad SMARTS) is 1. The summed E-state index contributed by atoms with van der Waals surface area (Å²) in [5.41, 5.74) is 4.67. The second kappa shape index (κ2) is 6.57. The summed E-state index contributed by atoms with van der Waals surface area (Å²) in [7, 11) is 0. The van der Waals surface area contributed by atoms with Gasteiger partial charge in [0, 0.05) is 29.7 Å². The molecule has 4 aromatic rings. The summed E-state index contributed by atoms with van der Waals surface area (Å²) in [5, 5.41) is 9.36. The minimum absolute atomic E-state index is 0.0758. The Hall–Kier alpha value is -3.67. The van der Waals surface area contributed by atoms with Gasteiger partial charge < -0.3 is 5.11 Å². The third-order valence-electron chi connectivity index (χ3n) is 4.35. The van der Waals surface area contributed by atoms with E-state index in [0.717, 1.165) is 11.1 Å². The first kappa shape index (κ1) is 16.8. The zero-order valence-corrected chi connectivity index (χ0v) is 14.3. The molecule has 0 saturated heterocycles. The number of aromatic nitrogens is 3. The fourth-order valence-corrected chi connectivity index (χ4v) is 2.95. The molecule has 2 aromatic carbocycles. The van der Waals surface area contributed by atoms with E-state index in [0.29, 0.717) is 27.9 Å². The standard InChI is InChI=1S/C21H14FN3O2/c1-12-8-14(2-4-17(12)22)20-16(9-15(11-25-20)21(26)27)13-3-5-18-19(10-13)24-7-6-23-18/h2-11H,1H3,(H,26,27). The van der Waals surface area contributed by atoms with Crippen LogP contribution < -0.4 is 0 Å². The Labute approximate surface area is 154 Å². The van der Waals surface area contributed by atoms with Gasteiger partial charge in [0.1, 0.15) is 5.82 Å². The average molecular weight is 359 g/mol. The summed E-state index contributed by atoms with van der Waals surface area (Å²) in [4.78, 5) is 24.3. The van der Waals surface area contributed by atoms with E-state index in [2.05, 4.69) is 15.0 Å². The molecule has 5 nitrogen and oxygen atoms in total. The van der Waals surface area contributed by atoms with Crippen LogP contribution in [0.15, 0.2) is 61.1 Å². The zero-order valence-electron chi connectivity index (χ0n) is 14.3. The van der Waals surface area contributed by atoms with E-state index in [1.807, 2.05) is 18.2 Å². The van der Waals surface area contributed by atoms with Gasteiger partial charge in [-0.2, -0.15) is 0 Å². The first-order chi connectivity index (χ1) is 13.0. The van der Waals surface area contributed by atoms with Crippen molar-refractivity contribution >= 4 is 17.0 Å². The number of carboxylic acids is 1. The Bertz CT molecular complexity index is 1190. The molecule has 0 saturated carbocycles. The molecule has 0 aliphatic carbocycles. The van der Waals surface area contributed by atoms with Gasteiger partial charge in [0.05, 0.1) is 22.3 Å². The summed E-state index contributed by atoms with van der Waals surface area (Å²) in [6, 6.07) is 11.8. The van der Waals surface area contributed by atoms with Crippen molar-refractivity contribution in [3.05, 3.63) is 78.0 Å². The molecule has 0 radical (unpaired) electrons. The Kier molecular flexibility index (Phi) is 4.08. The SMILES string of the molecule is Cc1cc(-c2ncc(C(=O)O)cc2-c2ccc3nccnc3c2)ccc1F. The molecule has 0 fully saturated rings. The van der Waals surface area contributed by atoms with Crippen LogP contribution in [0, 0.1) is 12.7 Å². The smallest absolute Gasteiger partial charge is 0.337 e. The number of hydrogen-bond donors (Lipinski definition) is 1. The van der Waals surface area contributed by atoms with Gasteiger partial charge in [-0.1, -0.05) is 6.07 Å². The number of pyridine rings is 1. The molecule has 0 aliphatic rings. The molecule has 0 bridgehead atoms. The van der Waals surface area contributed by atoms with Crippen molar-refractivity contribution in [3.8, 4) is 22.4 Å². The van der Waals surface area contributed by atoms with E-state index >= 15 is 0 Å². The second-order valence-corrected chi connectivity index (χ2v) is 6.15. The fraction of sp³-hybridized carbons (Fsp3) is 0.0476. The maximum atomic E-state index is 13.7. The van der Waals surface area contributed by atoms with E-state index in [-0.39, 0.29) is 11.4 Å². The number of fused-ring (bicyclic) bond motifs is 1. The first-order valence-electron chi connectivity index (χ1n) is 8.24. The summed E-state index contributed by atoms with van der Waals surface area (Å²) < 4.78 is 13.7. The summed E-state index contributed by atoms with van der Waals surface area (Å²) in [5.74, 6) is -1.37. The molecule has 6 heteroatoms. The quantitative estimate of drug-likeness (QED) is 0.583. The minimum Gasteiger partial charge on any atom is -0.478 e. The lowest BCUT2D eigenvalue weighted by Gasteiger charge is -2.12. The number of carbonyl (C=O) groups is 1. The topological polar surface area (TPSA) is 76.0 Å². The highest BCUT2D eigenvalue weighted by Gasteiger charge is 2.15. The monoisotopic (exact) mass is 359 g/mol. The number of nitrogens with zero attached hydrogens (tertiary/aromatic N) is 3. The van der Waals surface area contributed by atoms with Crippen molar-refractivity contribution in [2.45, 2.75) is 6.92 Å². The van der Waals surface area contributed by atoms with Crippen molar-refractivity contribution in [2.24, 2.45) is 0 Å². The molecule has 0 atom stereocenters. The number of rotatable bonds is 3. The number of aryl methyl sites for hydroxylation is 1. The van der Waals surface area contributed by atoms with Crippen LogP contribution in [-0.2, 0) is 0 Å². The van der Waals surface area contributed by atoms with Gasteiger partial charge >= 0.3 is 5.97 Å². The third kappa shape index (κ3) is 3.13. The highest BCUT2D eigenvalue weighted by Crippen LogP contribution is 2.33. The van der Waals surface area contributed by atoms with Crippen LogP contribution >= 0.6 is 0 Å². The Morgan fingerprint density at radius 1 is 0.926 bits per heavy atom. The largest absolute Gasteiger partial charge is 0.478 e. The van der Waals surface area contributed by atoms with Crippen LogP contribution in [0.3, 0.4) is 0 Å². The molecule has 0 spiro atoms. The van der Waals surface area contributed by atoms with Crippen LogP contribution in [0.1, 0.15) is 15.9 Å². The third-order valence-corrected chi connectivity index (χ3v) is 4.35. The number of hydrogen-bond acceptors (Lipinski definition) is 4. The Morgan fingerprint density at radius 2 is 1.67 bits per heavy atom. The molecule has 132 valence electrons. The van der Waals surface area contributed by atoms with Gasteiger partial charge in [-0.05, 0) is 54.4 Å². The molecular formula is C21H14FN3O2. The van der Waals surface area contributed by atoms with Gasteiger partial charge in [-0.25, -0.2) is 9.18 Å².